The molecule has 0 radical (unpaired) electrons. The van der Waals surface area contributed by atoms with E-state index in [1.165, 1.54) is 27.6 Å². The van der Waals surface area contributed by atoms with Crippen molar-refractivity contribution in [2.24, 2.45) is 0 Å². The number of furan rings is 2. The van der Waals surface area contributed by atoms with Gasteiger partial charge in [0.1, 0.15) is 22.3 Å². The number of hydrogen-bond acceptors (Lipinski definition) is 5. The molecule has 53 heavy (non-hydrogen) atoms. The molecular formula is C48H31N3O2. The quantitative estimate of drug-likeness (QED) is 0.185. The Bertz CT molecular complexity index is 3100. The third-order valence-electron chi connectivity index (χ3n) is 10.9. The van der Waals surface area contributed by atoms with Gasteiger partial charge in [-0.05, 0) is 69.8 Å². The van der Waals surface area contributed by atoms with Crippen LogP contribution < -0.4 is 0 Å². The monoisotopic (exact) mass is 681 g/mol. The van der Waals surface area contributed by atoms with Crippen LogP contribution in [0.2, 0.25) is 0 Å². The average molecular weight is 682 g/mol. The summed E-state index contributed by atoms with van der Waals surface area (Å²) in [5.74, 6) is 1.84. The fourth-order valence-electron chi connectivity index (χ4n) is 8.46. The Balaban J connectivity index is 1.06. The van der Waals surface area contributed by atoms with Gasteiger partial charge in [0, 0.05) is 43.7 Å². The van der Waals surface area contributed by atoms with Gasteiger partial charge in [-0.3, -0.25) is 0 Å². The second-order valence-corrected chi connectivity index (χ2v) is 14.4. The van der Waals surface area contributed by atoms with Crippen molar-refractivity contribution in [3.05, 3.63) is 163 Å². The minimum atomic E-state index is -0.185. The van der Waals surface area contributed by atoms with Gasteiger partial charge in [-0.1, -0.05) is 129 Å². The minimum Gasteiger partial charge on any atom is -0.456 e. The van der Waals surface area contributed by atoms with Crippen LogP contribution in [-0.4, -0.2) is 15.0 Å². The summed E-state index contributed by atoms with van der Waals surface area (Å²) in [6, 6.07) is 52.4. The molecule has 5 heteroatoms. The van der Waals surface area contributed by atoms with Crippen molar-refractivity contribution in [3.63, 3.8) is 0 Å². The smallest absolute Gasteiger partial charge is 0.164 e. The first-order valence-corrected chi connectivity index (χ1v) is 17.9. The first-order valence-electron chi connectivity index (χ1n) is 17.9. The second kappa shape index (κ2) is 11.1. The molecule has 1 aliphatic carbocycles. The number of aromatic nitrogens is 3. The molecule has 5 nitrogen and oxygen atoms in total. The first-order chi connectivity index (χ1) is 26.0. The topological polar surface area (TPSA) is 65.0 Å². The highest BCUT2D eigenvalue weighted by atomic mass is 16.3. The van der Waals surface area contributed by atoms with Crippen LogP contribution in [0.25, 0.3) is 100 Å². The van der Waals surface area contributed by atoms with Crippen LogP contribution in [0.15, 0.2) is 160 Å². The maximum atomic E-state index is 6.31. The Labute approximate surface area is 305 Å². The summed E-state index contributed by atoms with van der Waals surface area (Å²) in [7, 11) is 0. The predicted octanol–water partition coefficient (Wildman–Crippen LogP) is 12.6. The van der Waals surface area contributed by atoms with E-state index in [0.29, 0.717) is 17.5 Å². The molecule has 0 fully saturated rings. The van der Waals surface area contributed by atoms with E-state index in [0.717, 1.165) is 66.3 Å². The maximum absolute atomic E-state index is 6.31. The van der Waals surface area contributed by atoms with Crippen LogP contribution in [0.4, 0.5) is 0 Å². The Morgan fingerprint density at radius 1 is 0.396 bits per heavy atom. The van der Waals surface area contributed by atoms with Gasteiger partial charge in [-0.15, -0.1) is 0 Å². The third-order valence-corrected chi connectivity index (χ3v) is 10.9. The number of nitrogens with zero attached hydrogens (tertiary/aromatic N) is 3. The highest BCUT2D eigenvalue weighted by Gasteiger charge is 2.38. The number of hydrogen-bond donors (Lipinski definition) is 0. The lowest BCUT2D eigenvalue weighted by atomic mass is 9.80. The van der Waals surface area contributed by atoms with E-state index < -0.39 is 0 Å². The zero-order chi connectivity index (χ0) is 35.3. The molecule has 0 atom stereocenters. The molecule has 0 saturated heterocycles. The highest BCUT2D eigenvalue weighted by molar-refractivity contribution is 6.12. The zero-order valence-electron chi connectivity index (χ0n) is 29.1. The van der Waals surface area contributed by atoms with Gasteiger partial charge >= 0.3 is 0 Å². The van der Waals surface area contributed by atoms with E-state index in [9.17, 15) is 0 Å². The van der Waals surface area contributed by atoms with Crippen molar-refractivity contribution in [2.45, 2.75) is 19.3 Å². The van der Waals surface area contributed by atoms with E-state index in [1.807, 2.05) is 66.7 Å². The molecule has 10 aromatic rings. The van der Waals surface area contributed by atoms with Crippen LogP contribution in [0.1, 0.15) is 25.0 Å². The van der Waals surface area contributed by atoms with Gasteiger partial charge in [-0.2, -0.15) is 0 Å². The highest BCUT2D eigenvalue weighted by Crippen LogP contribution is 2.53. The number of rotatable bonds is 4. The van der Waals surface area contributed by atoms with E-state index in [4.69, 9.17) is 23.8 Å². The van der Waals surface area contributed by atoms with Crippen molar-refractivity contribution in [1.82, 2.24) is 15.0 Å². The SMILES string of the molecule is CC1(C)c2ccc(-c3cccc(-c4nc(-c5ccccc5)nc(-c5cccc6oc7ccccc7c56)n4)c3)cc2-c2ccc3oc4ccccc4c3c21. The molecule has 0 saturated carbocycles. The number of fused-ring (bicyclic) bond motifs is 10. The molecule has 0 aliphatic heterocycles. The Hall–Kier alpha value is -6.85. The van der Waals surface area contributed by atoms with E-state index in [2.05, 4.69) is 98.8 Å². The van der Waals surface area contributed by atoms with Crippen LogP contribution in [0.5, 0.6) is 0 Å². The molecule has 11 rings (SSSR count). The molecule has 3 aromatic heterocycles. The molecule has 250 valence electrons. The number of para-hydroxylation sites is 2. The lowest BCUT2D eigenvalue weighted by Gasteiger charge is -2.22. The standard InChI is InChI=1S/C48H31N3O2/c1-48(2)37-24-22-30(27-36(37)32-23-25-41-43(44(32)48)34-17-7-9-20-39(34)53-41)29-14-10-15-31(26-29)46-49-45(28-12-4-3-5-13-28)50-47(51-46)35-18-11-21-40-42(35)33-16-6-8-19-38(33)52-40/h3-27H,1-2H3. The summed E-state index contributed by atoms with van der Waals surface area (Å²) in [5.41, 5.74) is 13.5. The van der Waals surface area contributed by atoms with Gasteiger partial charge in [0.2, 0.25) is 0 Å². The van der Waals surface area contributed by atoms with Gasteiger partial charge in [0.25, 0.3) is 0 Å². The van der Waals surface area contributed by atoms with Crippen molar-refractivity contribution in [1.29, 1.82) is 0 Å². The van der Waals surface area contributed by atoms with E-state index >= 15 is 0 Å². The number of benzene rings is 7. The first kappa shape index (κ1) is 29.8. The van der Waals surface area contributed by atoms with Crippen LogP contribution in [0.3, 0.4) is 0 Å². The van der Waals surface area contributed by atoms with Crippen LogP contribution in [-0.2, 0) is 5.41 Å². The van der Waals surface area contributed by atoms with E-state index in [-0.39, 0.29) is 5.41 Å². The Morgan fingerprint density at radius 2 is 0.981 bits per heavy atom. The lowest BCUT2D eigenvalue weighted by molar-refractivity contribution is 0.657. The summed E-state index contributed by atoms with van der Waals surface area (Å²) < 4.78 is 12.5. The molecule has 3 heterocycles. The fourth-order valence-corrected chi connectivity index (χ4v) is 8.46. The molecule has 7 aromatic carbocycles. The van der Waals surface area contributed by atoms with Gasteiger partial charge in [0.05, 0.1) is 0 Å². The Kier molecular flexibility index (Phi) is 6.23. The molecule has 0 unspecified atom stereocenters. The van der Waals surface area contributed by atoms with Gasteiger partial charge in [0.15, 0.2) is 17.5 Å². The second-order valence-electron chi connectivity index (χ2n) is 14.4. The lowest BCUT2D eigenvalue weighted by Crippen LogP contribution is -2.15. The van der Waals surface area contributed by atoms with Crippen molar-refractivity contribution >= 4 is 43.9 Å². The average Bonchev–Trinajstić information content (AvgIpc) is 3.85. The normalized spacial score (nSPS) is 13.2. The van der Waals surface area contributed by atoms with Crippen LogP contribution in [0, 0.1) is 0 Å². The van der Waals surface area contributed by atoms with Crippen molar-refractivity contribution < 1.29 is 8.83 Å². The van der Waals surface area contributed by atoms with Crippen molar-refractivity contribution in [3.8, 4) is 56.4 Å². The molecule has 0 bridgehead atoms. The Morgan fingerprint density at radius 3 is 1.77 bits per heavy atom. The summed E-state index contributed by atoms with van der Waals surface area (Å²) >= 11 is 0. The molecule has 0 amide bonds. The molecule has 0 N–H and O–H groups in total. The van der Waals surface area contributed by atoms with Crippen LogP contribution >= 0.6 is 0 Å². The summed E-state index contributed by atoms with van der Waals surface area (Å²) in [4.78, 5) is 15.3. The summed E-state index contributed by atoms with van der Waals surface area (Å²) in [6.07, 6.45) is 0. The fraction of sp³-hybridized carbons (Fsp3) is 0.0625. The minimum absolute atomic E-state index is 0.185. The van der Waals surface area contributed by atoms with E-state index in [1.54, 1.807) is 0 Å². The molecule has 0 spiro atoms. The van der Waals surface area contributed by atoms with Gasteiger partial charge in [-0.25, -0.2) is 15.0 Å². The third kappa shape index (κ3) is 4.47. The van der Waals surface area contributed by atoms with Crippen molar-refractivity contribution in [2.75, 3.05) is 0 Å². The summed E-state index contributed by atoms with van der Waals surface area (Å²) in [5, 5.41) is 4.40. The molecular weight excluding hydrogens is 651 g/mol. The van der Waals surface area contributed by atoms with Gasteiger partial charge < -0.3 is 8.83 Å². The molecule has 1 aliphatic rings. The largest absolute Gasteiger partial charge is 0.456 e. The zero-order valence-corrected chi connectivity index (χ0v) is 29.1. The predicted molar refractivity (Wildman–Crippen MR) is 214 cm³/mol. The maximum Gasteiger partial charge on any atom is 0.164 e. The summed E-state index contributed by atoms with van der Waals surface area (Å²) in [6.45, 7) is 4.66.